The van der Waals surface area contributed by atoms with Gasteiger partial charge in [-0.15, -0.1) is 0 Å². The highest BCUT2D eigenvalue weighted by Crippen LogP contribution is 2.32. The van der Waals surface area contributed by atoms with Gasteiger partial charge in [0.1, 0.15) is 43.2 Å². The van der Waals surface area contributed by atoms with E-state index in [-0.39, 0.29) is 49.3 Å². The van der Waals surface area contributed by atoms with Crippen LogP contribution in [0.15, 0.2) is 131 Å². The Kier molecular flexibility index (Phi) is 14.0. The lowest BCUT2D eigenvalue weighted by Crippen LogP contribution is -2.52. The number of hydrogen-bond acceptors (Lipinski definition) is 11. The third kappa shape index (κ3) is 11.1. The lowest BCUT2D eigenvalue weighted by atomic mass is 9.86. The molecule has 0 radical (unpaired) electrons. The van der Waals surface area contributed by atoms with Crippen LogP contribution in [0.5, 0.6) is 17.2 Å². The molecule has 14 heteroatoms. The average Bonchev–Trinajstić information content (AvgIpc) is 3.30. The normalized spacial score (nSPS) is 17.7. The summed E-state index contributed by atoms with van der Waals surface area (Å²) in [7, 11) is 0. The van der Waals surface area contributed by atoms with Crippen molar-refractivity contribution in [3.05, 3.63) is 170 Å². The summed E-state index contributed by atoms with van der Waals surface area (Å²) in [4.78, 5) is 42.8. The Labute approximate surface area is 373 Å². The Morgan fingerprint density at radius 2 is 1.62 bits per heavy atom. The van der Waals surface area contributed by atoms with Crippen molar-refractivity contribution in [3.63, 3.8) is 0 Å². The second-order valence-corrected chi connectivity index (χ2v) is 16.7. The topological polar surface area (TPSA) is 172 Å². The van der Waals surface area contributed by atoms with E-state index in [2.05, 4.69) is 36.4 Å². The van der Waals surface area contributed by atoms with Crippen molar-refractivity contribution in [2.45, 2.75) is 44.2 Å². The van der Waals surface area contributed by atoms with Crippen LogP contribution in [0.3, 0.4) is 0 Å². The first kappa shape index (κ1) is 43.5. The first-order chi connectivity index (χ1) is 30.7. The highest BCUT2D eigenvalue weighted by atomic mass is 79.9. The van der Waals surface area contributed by atoms with Crippen molar-refractivity contribution in [3.8, 4) is 17.2 Å². The number of rotatable bonds is 17. The largest absolute Gasteiger partial charge is 0.506 e. The molecule has 4 heterocycles. The van der Waals surface area contributed by atoms with Gasteiger partial charge in [-0.1, -0.05) is 66.7 Å². The van der Waals surface area contributed by atoms with Gasteiger partial charge in [0.2, 0.25) is 5.56 Å². The number of nitrogens with one attached hydrogen (secondary N) is 3. The molecule has 0 spiro atoms. The molecule has 0 aliphatic carbocycles. The number of benzene rings is 5. The van der Waals surface area contributed by atoms with Crippen LogP contribution in [-0.2, 0) is 22.6 Å². The molecule has 5 aromatic carbocycles. The average molecular weight is 918 g/mol. The van der Waals surface area contributed by atoms with Gasteiger partial charge in [-0.2, -0.15) is 0 Å². The highest BCUT2D eigenvalue weighted by Gasteiger charge is 2.37. The van der Waals surface area contributed by atoms with Gasteiger partial charge in [0.05, 0.1) is 27.7 Å². The number of aromatic nitrogens is 1. The Morgan fingerprint density at radius 3 is 2.38 bits per heavy atom. The lowest BCUT2D eigenvalue weighted by Gasteiger charge is -2.43. The van der Waals surface area contributed by atoms with Gasteiger partial charge in [0.25, 0.3) is 0 Å². The zero-order valence-electron chi connectivity index (χ0n) is 34.5. The summed E-state index contributed by atoms with van der Waals surface area (Å²) >= 11 is 3.55. The van der Waals surface area contributed by atoms with Crippen LogP contribution in [0, 0.1) is 5.92 Å². The van der Waals surface area contributed by atoms with E-state index < -0.39 is 24.2 Å². The molecule has 5 N–H and O–H groups in total. The highest BCUT2D eigenvalue weighted by molar-refractivity contribution is 9.10. The van der Waals surface area contributed by atoms with Crippen LogP contribution in [0.1, 0.15) is 63.2 Å². The molecule has 1 amide bonds. The van der Waals surface area contributed by atoms with E-state index in [1.807, 2.05) is 84.9 Å². The van der Waals surface area contributed by atoms with Gasteiger partial charge in [0, 0.05) is 31.1 Å². The third-order valence-electron chi connectivity index (χ3n) is 11.5. The number of carbonyl (C=O) groups is 2. The van der Waals surface area contributed by atoms with Crippen molar-refractivity contribution in [1.82, 2.24) is 20.5 Å². The molecular formula is C49H49BrN4O9. The van der Waals surface area contributed by atoms with E-state index in [0.29, 0.717) is 40.5 Å². The van der Waals surface area contributed by atoms with E-state index in [9.17, 15) is 24.6 Å². The summed E-state index contributed by atoms with van der Waals surface area (Å²) in [6.07, 6.45) is 0.722. The number of fused-ring (bicyclic) bond motifs is 4. The molecule has 326 valence electrons. The number of pyridine rings is 1. The molecule has 3 atom stereocenters. The molecule has 9 rings (SSSR count). The maximum Gasteiger partial charge on any atom is 0.408 e. The monoisotopic (exact) mass is 916 g/mol. The Hall–Kier alpha value is -6.19. The molecule has 3 aliphatic heterocycles. The number of aromatic amines is 1. The van der Waals surface area contributed by atoms with E-state index in [1.165, 1.54) is 12.1 Å². The second kappa shape index (κ2) is 20.3. The maximum absolute atomic E-state index is 13.2. The summed E-state index contributed by atoms with van der Waals surface area (Å²) in [5.41, 5.74) is 4.53. The van der Waals surface area contributed by atoms with Crippen LogP contribution < -0.4 is 25.7 Å². The number of esters is 1. The number of nitrogens with zero attached hydrogens (tertiary/aromatic N) is 1. The number of ether oxygens (including phenoxy) is 4. The number of carbonyl (C=O) groups excluding carboxylic acids is 2. The van der Waals surface area contributed by atoms with Gasteiger partial charge in [0.15, 0.2) is 0 Å². The maximum atomic E-state index is 13.2. The minimum absolute atomic E-state index is 0.0454. The number of alkyl carbamates (subject to hydrolysis) is 1. The molecule has 13 nitrogen and oxygen atoms in total. The molecule has 3 fully saturated rings. The van der Waals surface area contributed by atoms with E-state index in [0.717, 1.165) is 59.2 Å². The fraction of sp³-hybridized carbons (Fsp3) is 0.286. The van der Waals surface area contributed by atoms with Gasteiger partial charge in [-0.05, 0) is 124 Å². The molecule has 6 aromatic rings. The summed E-state index contributed by atoms with van der Waals surface area (Å²) in [6.45, 7) is 4.09. The smallest absolute Gasteiger partial charge is 0.408 e. The minimum Gasteiger partial charge on any atom is -0.506 e. The quantitative estimate of drug-likeness (QED) is 0.0452. The number of aromatic hydroxyl groups is 1. The number of piperidine rings is 3. The molecule has 3 saturated heterocycles. The van der Waals surface area contributed by atoms with Crippen LogP contribution in [0.25, 0.3) is 10.9 Å². The van der Waals surface area contributed by atoms with Crippen molar-refractivity contribution >= 4 is 38.9 Å². The molecule has 3 aliphatic rings. The number of aliphatic hydroxyl groups is 1. The molecule has 0 unspecified atom stereocenters. The van der Waals surface area contributed by atoms with Crippen LogP contribution in [0.4, 0.5) is 4.79 Å². The van der Waals surface area contributed by atoms with Crippen LogP contribution >= 0.6 is 15.9 Å². The zero-order chi connectivity index (χ0) is 43.7. The Balaban J connectivity index is 0.773. The first-order valence-corrected chi connectivity index (χ1v) is 21.8. The number of hydrogen-bond donors (Lipinski definition) is 5. The standard InChI is InChI=1S/C49H49BrN4O9/c50-40-25-32(27-51-28-42(56)38-14-16-41(55)47-39(38)15-18-45(57)52-47)11-17-43(40)60-23-24-61-48(58)35-12-9-31(10-13-35)30-62-37-8-4-7-36(26-37)46(34-5-2-1-3-6-34)53-49(59)63-44-29-54-21-19-33(44)20-22-54/h1-18,25-26,33,42,44,46,51,55-56H,19-24,27-30H2,(H,52,57)(H,53,59)/t42-,44-,46-/m0/s1. The number of aliphatic hydroxyl groups excluding tert-OH is 1. The predicted octanol–water partition coefficient (Wildman–Crippen LogP) is 7.54. The van der Waals surface area contributed by atoms with Gasteiger partial charge in [-0.25, -0.2) is 9.59 Å². The van der Waals surface area contributed by atoms with Crippen molar-refractivity contribution in [2.24, 2.45) is 5.92 Å². The minimum atomic E-state index is -0.878. The summed E-state index contributed by atoms with van der Waals surface area (Å²) in [5.74, 6) is 1.10. The molecular weight excluding hydrogens is 868 g/mol. The second-order valence-electron chi connectivity index (χ2n) is 15.8. The predicted molar refractivity (Wildman–Crippen MR) is 241 cm³/mol. The lowest BCUT2D eigenvalue weighted by molar-refractivity contribution is -0.0336. The number of halogens is 1. The van der Waals surface area contributed by atoms with Gasteiger partial charge >= 0.3 is 12.1 Å². The van der Waals surface area contributed by atoms with Gasteiger partial charge in [-0.3, -0.25) is 9.69 Å². The van der Waals surface area contributed by atoms with Crippen molar-refractivity contribution < 1.29 is 38.7 Å². The van der Waals surface area contributed by atoms with E-state index >= 15 is 0 Å². The first-order valence-electron chi connectivity index (χ1n) is 21.0. The van der Waals surface area contributed by atoms with Crippen LogP contribution in [-0.4, -0.2) is 77.7 Å². The summed E-state index contributed by atoms with van der Waals surface area (Å²) in [6, 6.07) is 35.7. The Bertz CT molecular complexity index is 2580. The van der Waals surface area contributed by atoms with Crippen LogP contribution in [0.2, 0.25) is 0 Å². The summed E-state index contributed by atoms with van der Waals surface area (Å²) < 4.78 is 24.2. The van der Waals surface area contributed by atoms with Crippen molar-refractivity contribution in [1.29, 1.82) is 0 Å². The fourth-order valence-corrected chi connectivity index (χ4v) is 8.72. The zero-order valence-corrected chi connectivity index (χ0v) is 36.1. The number of amides is 1. The van der Waals surface area contributed by atoms with E-state index in [4.69, 9.17) is 18.9 Å². The molecule has 1 aromatic heterocycles. The third-order valence-corrected chi connectivity index (χ3v) is 12.2. The molecule has 63 heavy (non-hydrogen) atoms. The number of phenols is 1. The molecule has 2 bridgehead atoms. The number of H-pyrrole nitrogens is 1. The SMILES string of the molecule is O=C(N[C@@H](c1ccccc1)c1cccc(OCc2ccc(C(=O)OCCOc3ccc(CNC[C@H](O)c4ccc(O)c5[nH]c(=O)ccc45)cc3Br)cc2)c1)O[C@H]1CN2CCC1CC2. The van der Waals surface area contributed by atoms with Crippen molar-refractivity contribution in [2.75, 3.05) is 39.4 Å². The Morgan fingerprint density at radius 1 is 0.841 bits per heavy atom. The fourth-order valence-electron chi connectivity index (χ4n) is 8.18. The van der Waals surface area contributed by atoms with E-state index in [1.54, 1.807) is 24.3 Å². The molecule has 0 saturated carbocycles. The summed E-state index contributed by atoms with van der Waals surface area (Å²) in [5, 5.41) is 27.9. The number of phenolic OH excluding ortho intramolecular Hbond substituents is 1. The van der Waals surface area contributed by atoms with Gasteiger partial charge < -0.3 is 44.8 Å².